The Hall–Kier alpha value is -2.60. The highest BCUT2D eigenvalue weighted by Gasteiger charge is 2.28. The number of methoxy groups -OCH3 is 1. The predicted molar refractivity (Wildman–Crippen MR) is 122 cm³/mol. The summed E-state index contributed by atoms with van der Waals surface area (Å²) in [5, 5.41) is 3.51. The first-order valence-corrected chi connectivity index (χ1v) is 11.1. The fraction of sp³-hybridized carbons (Fsp3) is 0.417. The van der Waals surface area contributed by atoms with Crippen molar-refractivity contribution in [1.82, 2.24) is 0 Å². The third kappa shape index (κ3) is 4.75. The fourth-order valence-corrected chi connectivity index (χ4v) is 5.29. The van der Waals surface area contributed by atoms with Gasteiger partial charge in [0.05, 0.1) is 19.3 Å². The number of carbonyl (C=O) groups is 2. The van der Waals surface area contributed by atoms with E-state index in [9.17, 15) is 9.59 Å². The molecule has 1 aromatic heterocycles. The first kappa shape index (κ1) is 22.1. The molecule has 160 valence electrons. The Morgan fingerprint density at radius 3 is 2.60 bits per heavy atom. The maximum atomic E-state index is 12.7. The van der Waals surface area contributed by atoms with Gasteiger partial charge in [-0.05, 0) is 86.4 Å². The molecule has 30 heavy (non-hydrogen) atoms. The van der Waals surface area contributed by atoms with Crippen molar-refractivity contribution in [3.05, 3.63) is 50.9 Å². The number of thiophene rings is 1. The normalized spacial score (nSPS) is 15.7. The Morgan fingerprint density at radius 1 is 1.27 bits per heavy atom. The average molecular weight is 428 g/mol. The SMILES string of the molecule is CCOC(=O)c1c(NC(=O)/C=C/c2c(C)cc(OC)cc2C)sc2c1CCC(C)C2. The molecule has 2 aromatic rings. The number of carbonyl (C=O) groups excluding carboxylic acids is 2. The minimum atomic E-state index is -0.356. The van der Waals surface area contributed by atoms with Gasteiger partial charge in [-0.2, -0.15) is 0 Å². The molecule has 0 spiro atoms. The predicted octanol–water partition coefficient (Wildman–Crippen LogP) is 5.33. The van der Waals surface area contributed by atoms with Gasteiger partial charge in [0.1, 0.15) is 10.8 Å². The van der Waals surface area contributed by atoms with Crippen LogP contribution in [-0.2, 0) is 22.4 Å². The van der Waals surface area contributed by atoms with Crippen LogP contribution in [0.4, 0.5) is 5.00 Å². The minimum Gasteiger partial charge on any atom is -0.497 e. The van der Waals surface area contributed by atoms with Crippen molar-refractivity contribution in [1.29, 1.82) is 0 Å². The molecule has 1 aliphatic carbocycles. The molecule has 0 fully saturated rings. The number of aryl methyl sites for hydroxylation is 2. The third-order valence-corrected chi connectivity index (χ3v) is 6.60. The van der Waals surface area contributed by atoms with Crippen molar-refractivity contribution in [3.63, 3.8) is 0 Å². The van der Waals surface area contributed by atoms with Crippen LogP contribution in [0.25, 0.3) is 6.08 Å². The van der Waals surface area contributed by atoms with Gasteiger partial charge < -0.3 is 14.8 Å². The average Bonchev–Trinajstić information content (AvgIpc) is 3.03. The standard InChI is InChI=1S/C24H29NO4S/c1-6-29-24(27)22-19-8-7-14(2)11-20(19)30-23(22)25-21(26)10-9-18-15(3)12-17(28-5)13-16(18)4/h9-10,12-14H,6-8,11H2,1-5H3,(H,25,26)/b10-9+. The van der Waals surface area contributed by atoms with Gasteiger partial charge in [0.15, 0.2) is 0 Å². The monoisotopic (exact) mass is 427 g/mol. The Bertz CT molecular complexity index is 966. The van der Waals surface area contributed by atoms with Gasteiger partial charge in [-0.1, -0.05) is 6.92 Å². The highest BCUT2D eigenvalue weighted by Crippen LogP contribution is 2.40. The molecule has 1 aliphatic rings. The molecular weight excluding hydrogens is 398 g/mol. The number of amides is 1. The van der Waals surface area contributed by atoms with Gasteiger partial charge in [0, 0.05) is 11.0 Å². The molecule has 3 rings (SSSR count). The summed E-state index contributed by atoms with van der Waals surface area (Å²) < 4.78 is 10.6. The first-order chi connectivity index (χ1) is 14.3. The quantitative estimate of drug-likeness (QED) is 0.500. The van der Waals surface area contributed by atoms with Crippen molar-refractivity contribution in [2.75, 3.05) is 19.0 Å². The number of ether oxygens (including phenoxy) is 2. The molecule has 0 radical (unpaired) electrons. The molecule has 0 saturated heterocycles. The largest absolute Gasteiger partial charge is 0.497 e. The van der Waals surface area contributed by atoms with Crippen molar-refractivity contribution in [3.8, 4) is 5.75 Å². The van der Waals surface area contributed by atoms with E-state index in [4.69, 9.17) is 9.47 Å². The van der Waals surface area contributed by atoms with E-state index in [1.165, 1.54) is 22.3 Å². The van der Waals surface area contributed by atoms with Gasteiger partial charge in [0.2, 0.25) is 5.91 Å². The number of benzene rings is 1. The molecule has 0 bridgehead atoms. The molecule has 5 nitrogen and oxygen atoms in total. The van der Waals surface area contributed by atoms with Crippen LogP contribution in [0.5, 0.6) is 5.75 Å². The Labute approximate surface area is 182 Å². The lowest BCUT2D eigenvalue weighted by molar-refractivity contribution is -0.111. The summed E-state index contributed by atoms with van der Waals surface area (Å²) in [6.07, 6.45) is 6.13. The van der Waals surface area contributed by atoms with Crippen molar-refractivity contribution in [2.45, 2.75) is 47.0 Å². The molecule has 0 aliphatic heterocycles. The second-order valence-electron chi connectivity index (χ2n) is 7.77. The smallest absolute Gasteiger partial charge is 0.341 e. The molecule has 1 heterocycles. The number of hydrogen-bond donors (Lipinski definition) is 1. The van der Waals surface area contributed by atoms with Crippen LogP contribution in [-0.4, -0.2) is 25.6 Å². The summed E-state index contributed by atoms with van der Waals surface area (Å²) in [5.74, 6) is 0.757. The van der Waals surface area contributed by atoms with Crippen LogP contribution >= 0.6 is 11.3 Å². The summed E-state index contributed by atoms with van der Waals surface area (Å²) >= 11 is 1.50. The van der Waals surface area contributed by atoms with Crippen molar-refractivity contribution < 1.29 is 19.1 Å². The van der Waals surface area contributed by atoms with Gasteiger partial charge in [-0.15, -0.1) is 11.3 Å². The number of anilines is 1. The van der Waals surface area contributed by atoms with Gasteiger partial charge in [-0.25, -0.2) is 4.79 Å². The zero-order valence-corrected chi connectivity index (χ0v) is 19.1. The zero-order chi connectivity index (χ0) is 21.8. The van der Waals surface area contributed by atoms with Crippen LogP contribution in [0.1, 0.15) is 57.8 Å². The van der Waals surface area contributed by atoms with Crippen LogP contribution < -0.4 is 10.1 Å². The van der Waals surface area contributed by atoms with Crippen molar-refractivity contribution in [2.24, 2.45) is 5.92 Å². The summed E-state index contributed by atoms with van der Waals surface area (Å²) in [6.45, 7) is 8.29. The van der Waals surface area contributed by atoms with Crippen LogP contribution in [0.2, 0.25) is 0 Å². The first-order valence-electron chi connectivity index (χ1n) is 10.3. The maximum Gasteiger partial charge on any atom is 0.341 e. The topological polar surface area (TPSA) is 64.6 Å². The van der Waals surface area contributed by atoms with Gasteiger partial charge in [0.25, 0.3) is 0 Å². The summed E-state index contributed by atoms with van der Waals surface area (Å²) in [4.78, 5) is 26.4. The molecule has 1 aromatic carbocycles. The Morgan fingerprint density at radius 2 is 1.97 bits per heavy atom. The second-order valence-corrected chi connectivity index (χ2v) is 8.88. The van der Waals surface area contributed by atoms with E-state index in [0.717, 1.165) is 47.3 Å². The number of rotatable bonds is 6. The molecule has 1 atom stereocenters. The number of fused-ring (bicyclic) bond motifs is 1. The summed E-state index contributed by atoms with van der Waals surface area (Å²) in [7, 11) is 1.64. The third-order valence-electron chi connectivity index (χ3n) is 5.43. The Balaban J connectivity index is 1.85. The molecular formula is C24H29NO4S. The fourth-order valence-electron chi connectivity index (χ4n) is 3.89. The lowest BCUT2D eigenvalue weighted by atomic mass is 9.88. The van der Waals surface area contributed by atoms with E-state index in [2.05, 4.69) is 12.2 Å². The highest BCUT2D eigenvalue weighted by molar-refractivity contribution is 7.17. The lowest BCUT2D eigenvalue weighted by Gasteiger charge is -2.18. The van der Waals surface area contributed by atoms with E-state index in [1.54, 1.807) is 20.1 Å². The van der Waals surface area contributed by atoms with E-state index in [0.29, 0.717) is 23.1 Å². The van der Waals surface area contributed by atoms with E-state index >= 15 is 0 Å². The van der Waals surface area contributed by atoms with Crippen LogP contribution in [0, 0.1) is 19.8 Å². The van der Waals surface area contributed by atoms with Gasteiger partial charge >= 0.3 is 5.97 Å². The van der Waals surface area contributed by atoms with Gasteiger partial charge in [-0.3, -0.25) is 4.79 Å². The lowest BCUT2D eigenvalue weighted by Crippen LogP contribution is -2.15. The van der Waals surface area contributed by atoms with E-state index in [-0.39, 0.29) is 11.9 Å². The molecule has 0 saturated carbocycles. The van der Waals surface area contributed by atoms with Crippen LogP contribution in [0.15, 0.2) is 18.2 Å². The van der Waals surface area contributed by atoms with Crippen molar-refractivity contribution >= 4 is 34.3 Å². The summed E-state index contributed by atoms with van der Waals surface area (Å²) in [6, 6.07) is 3.88. The van der Waals surface area contributed by atoms with E-state index in [1.807, 2.05) is 26.0 Å². The molecule has 1 amide bonds. The number of nitrogens with one attached hydrogen (secondary N) is 1. The zero-order valence-electron chi connectivity index (χ0n) is 18.3. The molecule has 1 N–H and O–H groups in total. The van der Waals surface area contributed by atoms with E-state index < -0.39 is 0 Å². The molecule has 6 heteroatoms. The molecule has 1 unspecified atom stereocenters. The highest BCUT2D eigenvalue weighted by atomic mass is 32.1. The second kappa shape index (κ2) is 9.47. The van der Waals surface area contributed by atoms with Crippen LogP contribution in [0.3, 0.4) is 0 Å². The number of hydrogen-bond acceptors (Lipinski definition) is 5. The minimum absolute atomic E-state index is 0.262. The Kier molecular flexibility index (Phi) is 6.98. The maximum absolute atomic E-state index is 12.7. The number of esters is 1. The summed E-state index contributed by atoms with van der Waals surface area (Å²) in [5.41, 5.74) is 4.61.